The van der Waals surface area contributed by atoms with Gasteiger partial charge in [0.2, 0.25) is 0 Å². The molecule has 1 aliphatic carbocycles. The Morgan fingerprint density at radius 3 is 2.59 bits per heavy atom. The number of halogens is 1. The molecule has 2 unspecified atom stereocenters. The minimum atomic E-state index is -1.49. The van der Waals surface area contributed by atoms with Gasteiger partial charge in [0.15, 0.2) is 5.82 Å². The third kappa shape index (κ3) is 5.54. The Morgan fingerprint density at radius 1 is 1.05 bits per heavy atom. The molecule has 2 atom stereocenters. The average molecular weight is 577 g/mol. The molecule has 1 aliphatic rings. The molecule has 212 valence electrons. The molecule has 2 radical (unpaired) electrons. The topological polar surface area (TPSA) is 139 Å². The summed E-state index contributed by atoms with van der Waals surface area (Å²) >= 11 is 0. The van der Waals surface area contributed by atoms with Gasteiger partial charge in [0, 0.05) is 23.7 Å². The van der Waals surface area contributed by atoms with Crippen LogP contribution in [0.5, 0.6) is 0 Å². The van der Waals surface area contributed by atoms with Gasteiger partial charge >= 0.3 is 0 Å². The van der Waals surface area contributed by atoms with Gasteiger partial charge in [0.25, 0.3) is 0 Å². The quantitative estimate of drug-likeness (QED) is 0.193. The monoisotopic (exact) mass is 577 g/mol. The van der Waals surface area contributed by atoms with Crippen LogP contribution in [0.3, 0.4) is 0 Å². The van der Waals surface area contributed by atoms with Gasteiger partial charge in [-0.25, -0.2) is 9.07 Å². The fraction of sp³-hybridized carbons (Fsp3) is 0.212. The van der Waals surface area contributed by atoms with Crippen molar-refractivity contribution in [3.05, 3.63) is 113 Å². The predicted octanol–water partition coefficient (Wildman–Crippen LogP) is 5.98. The maximum Gasteiger partial charge on any atom is 0.151 e. The van der Waals surface area contributed by atoms with Gasteiger partial charge < -0.3 is 10.6 Å². The molecule has 2 heterocycles. The van der Waals surface area contributed by atoms with E-state index in [1.807, 2.05) is 30.3 Å². The standard InChI is InChI=1S/C33H25BFN9/c34-33(24-9-4-6-21(14-24)17-37,30-20-44(43-42-30)26-11-12-26)41-25-15-27-31(23(18-38)19-39-32(27)28(35)16-25)40-29(10-5-13-36)22-7-2-1-3-8-22/h1-4,6-9,14-16,19-20,26,29,41H,5,10-12H2,(H,39,40). The number of hydrogen-bond donors (Lipinski definition) is 2. The number of hydrogen-bond acceptors (Lipinski definition) is 8. The fourth-order valence-corrected chi connectivity index (χ4v) is 5.28. The lowest BCUT2D eigenvalue weighted by Crippen LogP contribution is -2.38. The second kappa shape index (κ2) is 11.9. The number of pyridine rings is 1. The molecule has 9 nitrogen and oxygen atoms in total. The molecule has 6 rings (SSSR count). The number of benzene rings is 3. The van der Waals surface area contributed by atoms with Crippen molar-refractivity contribution in [1.82, 2.24) is 20.0 Å². The first-order valence-corrected chi connectivity index (χ1v) is 14.1. The first-order chi connectivity index (χ1) is 21.4. The largest absolute Gasteiger partial charge is 0.378 e. The first kappa shape index (κ1) is 28.4. The SMILES string of the molecule is [B]C(Nc1cc(F)c2ncc(C#N)c(NC(CCC#N)c3ccccc3)c2c1)(c1cccc(C#N)c1)c1cn(C2CC2)nn1. The molecule has 0 spiro atoms. The summed E-state index contributed by atoms with van der Waals surface area (Å²) in [6.45, 7) is 0. The van der Waals surface area contributed by atoms with E-state index in [4.69, 9.17) is 7.85 Å². The highest BCUT2D eigenvalue weighted by atomic mass is 19.1. The molecule has 44 heavy (non-hydrogen) atoms. The van der Waals surface area contributed by atoms with Crippen molar-refractivity contribution in [2.24, 2.45) is 0 Å². The molecule has 1 saturated carbocycles. The van der Waals surface area contributed by atoms with Crippen LogP contribution in [0.15, 0.2) is 79.1 Å². The van der Waals surface area contributed by atoms with E-state index in [9.17, 15) is 15.8 Å². The van der Waals surface area contributed by atoms with Gasteiger partial charge in [-0.1, -0.05) is 47.7 Å². The van der Waals surface area contributed by atoms with E-state index in [0.29, 0.717) is 40.0 Å². The van der Waals surface area contributed by atoms with E-state index in [0.717, 1.165) is 18.4 Å². The zero-order valence-corrected chi connectivity index (χ0v) is 23.6. The van der Waals surface area contributed by atoms with Gasteiger partial charge in [-0.15, -0.1) is 5.10 Å². The van der Waals surface area contributed by atoms with E-state index in [1.165, 1.54) is 12.3 Å². The zero-order valence-electron chi connectivity index (χ0n) is 23.6. The Bertz CT molecular complexity index is 1970. The van der Waals surface area contributed by atoms with Crippen LogP contribution < -0.4 is 10.6 Å². The Hall–Kier alpha value is -5.73. The van der Waals surface area contributed by atoms with E-state index in [-0.39, 0.29) is 29.6 Å². The third-order valence-electron chi connectivity index (χ3n) is 7.73. The molecule has 0 saturated heterocycles. The molecule has 0 bridgehead atoms. The first-order valence-electron chi connectivity index (χ1n) is 14.1. The molecule has 11 heteroatoms. The molecule has 5 aromatic rings. The van der Waals surface area contributed by atoms with E-state index in [2.05, 4.69) is 44.1 Å². The van der Waals surface area contributed by atoms with Crippen molar-refractivity contribution in [2.75, 3.05) is 10.6 Å². The third-order valence-corrected chi connectivity index (χ3v) is 7.73. The van der Waals surface area contributed by atoms with Crippen LogP contribution in [0.25, 0.3) is 10.9 Å². The molecular weight excluding hydrogens is 552 g/mol. The predicted molar refractivity (Wildman–Crippen MR) is 164 cm³/mol. The smallest absolute Gasteiger partial charge is 0.151 e. The van der Waals surface area contributed by atoms with Crippen LogP contribution in [-0.2, 0) is 5.44 Å². The summed E-state index contributed by atoms with van der Waals surface area (Å²) in [6.07, 6.45) is 5.84. The summed E-state index contributed by atoms with van der Waals surface area (Å²) in [4.78, 5) is 4.25. The van der Waals surface area contributed by atoms with E-state index in [1.54, 1.807) is 41.2 Å². The van der Waals surface area contributed by atoms with Crippen LogP contribution in [0, 0.1) is 39.8 Å². The highest BCUT2D eigenvalue weighted by molar-refractivity contribution is 6.19. The van der Waals surface area contributed by atoms with Crippen molar-refractivity contribution < 1.29 is 4.39 Å². The number of anilines is 2. The normalized spacial score (nSPS) is 14.5. The minimum absolute atomic E-state index is 0.0675. The van der Waals surface area contributed by atoms with Crippen molar-refractivity contribution >= 4 is 30.1 Å². The van der Waals surface area contributed by atoms with Crippen molar-refractivity contribution in [3.8, 4) is 18.2 Å². The second-order valence-corrected chi connectivity index (χ2v) is 10.8. The summed E-state index contributed by atoms with van der Waals surface area (Å²) in [5.41, 5.74) is 1.73. The number of fused-ring (bicyclic) bond motifs is 1. The highest BCUT2D eigenvalue weighted by Crippen LogP contribution is 2.38. The van der Waals surface area contributed by atoms with Crippen molar-refractivity contribution in [3.63, 3.8) is 0 Å². The van der Waals surface area contributed by atoms with Gasteiger partial charge in [0.05, 0.1) is 52.7 Å². The van der Waals surface area contributed by atoms with Crippen LogP contribution in [-0.4, -0.2) is 27.8 Å². The Balaban J connectivity index is 1.47. The molecular formula is C33H25BFN9. The summed E-state index contributed by atoms with van der Waals surface area (Å²) in [5, 5.41) is 44.5. The Morgan fingerprint density at radius 2 is 1.86 bits per heavy atom. The molecule has 3 aromatic carbocycles. The zero-order chi connectivity index (χ0) is 30.7. The van der Waals surface area contributed by atoms with Crippen LogP contribution >= 0.6 is 0 Å². The lowest BCUT2D eigenvalue weighted by molar-refractivity contribution is 0.610. The summed E-state index contributed by atoms with van der Waals surface area (Å²) in [6, 6.07) is 25.8. The van der Waals surface area contributed by atoms with Gasteiger partial charge in [-0.05, 0) is 54.7 Å². The maximum absolute atomic E-state index is 15.8. The van der Waals surface area contributed by atoms with Crippen molar-refractivity contribution in [1.29, 1.82) is 15.8 Å². The Kier molecular flexibility index (Phi) is 7.66. The molecule has 0 aliphatic heterocycles. The summed E-state index contributed by atoms with van der Waals surface area (Å²) < 4.78 is 17.5. The highest BCUT2D eigenvalue weighted by Gasteiger charge is 2.34. The number of rotatable bonds is 10. The molecule has 0 amide bonds. The van der Waals surface area contributed by atoms with Crippen LogP contribution in [0.1, 0.15) is 65.7 Å². The summed E-state index contributed by atoms with van der Waals surface area (Å²) in [5.74, 6) is -0.624. The molecule has 2 aromatic heterocycles. The van der Waals surface area contributed by atoms with E-state index < -0.39 is 11.3 Å². The molecule has 1 fully saturated rings. The summed E-state index contributed by atoms with van der Waals surface area (Å²) in [7, 11) is 7.06. The minimum Gasteiger partial charge on any atom is -0.378 e. The van der Waals surface area contributed by atoms with Gasteiger partial charge in [-0.3, -0.25) is 4.98 Å². The lowest BCUT2D eigenvalue weighted by Gasteiger charge is -2.32. The lowest BCUT2D eigenvalue weighted by atomic mass is 9.69. The number of nitriles is 3. The van der Waals surface area contributed by atoms with Crippen LogP contribution in [0.2, 0.25) is 0 Å². The van der Waals surface area contributed by atoms with Crippen molar-refractivity contribution in [2.45, 2.75) is 43.2 Å². The van der Waals surface area contributed by atoms with Gasteiger partial charge in [-0.2, -0.15) is 15.8 Å². The fourth-order valence-electron chi connectivity index (χ4n) is 5.28. The maximum atomic E-state index is 15.8. The van der Waals surface area contributed by atoms with Gasteiger partial charge in [0.1, 0.15) is 25.1 Å². The second-order valence-electron chi connectivity index (χ2n) is 10.8. The molecule has 2 N–H and O–H groups in total. The van der Waals surface area contributed by atoms with E-state index >= 15 is 4.39 Å². The van der Waals surface area contributed by atoms with Crippen LogP contribution in [0.4, 0.5) is 15.8 Å². The average Bonchev–Trinajstić information content (AvgIpc) is 3.78. The number of nitrogens with zero attached hydrogens (tertiary/aromatic N) is 7. The number of nitrogens with one attached hydrogen (secondary N) is 2. The Labute approximate surface area is 255 Å². The number of aromatic nitrogens is 4.